The molecule has 11 nitrogen and oxygen atoms in total. The van der Waals surface area contributed by atoms with E-state index in [1.54, 1.807) is 7.05 Å². The number of fused-ring (bicyclic) bond motifs is 1. The number of thioether (sulfide) groups is 1. The van der Waals surface area contributed by atoms with Gasteiger partial charge in [0.1, 0.15) is 12.0 Å². The van der Waals surface area contributed by atoms with E-state index in [9.17, 15) is 19.7 Å². The van der Waals surface area contributed by atoms with Crippen LogP contribution in [0.15, 0.2) is 28.4 Å². The number of amides is 1. The Hall–Kier alpha value is -3.15. The smallest absolute Gasteiger partial charge is 0.320 e. The van der Waals surface area contributed by atoms with E-state index in [0.29, 0.717) is 16.2 Å². The Morgan fingerprint density at radius 1 is 1.36 bits per heavy atom. The fourth-order valence-electron chi connectivity index (χ4n) is 2.37. The van der Waals surface area contributed by atoms with Crippen LogP contribution in [0.1, 0.15) is 0 Å². The summed E-state index contributed by atoms with van der Waals surface area (Å²) in [5.41, 5.74) is 0.326. The van der Waals surface area contributed by atoms with E-state index in [4.69, 9.17) is 0 Å². The van der Waals surface area contributed by atoms with Crippen LogP contribution in [0.2, 0.25) is 0 Å². The minimum atomic E-state index is -0.601. The van der Waals surface area contributed by atoms with E-state index < -0.39 is 10.8 Å². The van der Waals surface area contributed by atoms with Gasteiger partial charge in [-0.25, -0.2) is 9.78 Å². The van der Waals surface area contributed by atoms with E-state index in [0.717, 1.165) is 11.8 Å². The molecule has 2 heterocycles. The van der Waals surface area contributed by atoms with Crippen LogP contribution in [0.4, 0.5) is 11.4 Å². The molecule has 2 aromatic heterocycles. The van der Waals surface area contributed by atoms with Crippen molar-refractivity contribution in [3.8, 4) is 0 Å². The lowest BCUT2D eigenvalue weighted by Crippen LogP contribution is -2.19. The van der Waals surface area contributed by atoms with Crippen molar-refractivity contribution < 1.29 is 9.72 Å². The van der Waals surface area contributed by atoms with Crippen LogP contribution >= 0.6 is 11.8 Å². The number of nitro benzene ring substituents is 1. The van der Waals surface area contributed by atoms with Gasteiger partial charge in [0.15, 0.2) is 5.16 Å². The second-order valence-electron chi connectivity index (χ2n) is 5.14. The van der Waals surface area contributed by atoms with Crippen molar-refractivity contribution >= 4 is 40.1 Å². The number of carbonyl (C=O) groups is 1. The van der Waals surface area contributed by atoms with E-state index in [1.807, 2.05) is 0 Å². The first-order valence-corrected chi connectivity index (χ1v) is 7.99. The summed E-state index contributed by atoms with van der Waals surface area (Å²) in [6.07, 6.45) is 1.31. The van der Waals surface area contributed by atoms with E-state index in [2.05, 4.69) is 20.5 Å². The standard InChI is InChI=1S/C13H13N7O4S/c1-18-9-3-7(16-11(21)5-25-12-14-6-15-17-12)8(20(23)24)4-10(9)19(2)13(18)22/h3-4,6H,5H2,1-2H3,(H,16,21)(H,14,15,17). The zero-order valence-electron chi connectivity index (χ0n) is 13.2. The fourth-order valence-corrected chi connectivity index (χ4v) is 2.95. The van der Waals surface area contributed by atoms with E-state index in [1.165, 1.54) is 34.6 Å². The van der Waals surface area contributed by atoms with Gasteiger partial charge in [-0.2, -0.15) is 5.10 Å². The molecule has 0 aliphatic rings. The van der Waals surface area contributed by atoms with Gasteiger partial charge in [-0.3, -0.25) is 29.1 Å². The predicted molar refractivity (Wildman–Crippen MR) is 90.6 cm³/mol. The molecular formula is C13H13N7O4S. The molecule has 0 spiro atoms. The number of H-pyrrole nitrogens is 1. The lowest BCUT2D eigenvalue weighted by molar-refractivity contribution is -0.383. The van der Waals surface area contributed by atoms with Gasteiger partial charge >= 0.3 is 5.69 Å². The quantitative estimate of drug-likeness (QED) is 0.385. The zero-order chi connectivity index (χ0) is 18.1. The summed E-state index contributed by atoms with van der Waals surface area (Å²) in [4.78, 5) is 38.7. The van der Waals surface area contributed by atoms with Crippen molar-refractivity contribution in [2.24, 2.45) is 14.1 Å². The number of hydrogen-bond donors (Lipinski definition) is 2. The summed E-state index contributed by atoms with van der Waals surface area (Å²) in [5.74, 6) is -0.442. The maximum atomic E-state index is 12.1. The van der Waals surface area contributed by atoms with Gasteiger partial charge in [0.25, 0.3) is 5.69 Å². The minimum Gasteiger partial charge on any atom is -0.320 e. The van der Waals surface area contributed by atoms with Crippen molar-refractivity contribution in [3.63, 3.8) is 0 Å². The van der Waals surface area contributed by atoms with Crippen molar-refractivity contribution in [2.75, 3.05) is 11.1 Å². The Balaban J connectivity index is 1.92. The summed E-state index contributed by atoms with van der Waals surface area (Å²) in [6.45, 7) is 0. The van der Waals surface area contributed by atoms with Crippen molar-refractivity contribution in [1.29, 1.82) is 0 Å². The summed E-state index contributed by atoms with van der Waals surface area (Å²) in [7, 11) is 3.09. The van der Waals surface area contributed by atoms with Gasteiger partial charge < -0.3 is 5.32 Å². The van der Waals surface area contributed by atoms with Crippen molar-refractivity contribution in [1.82, 2.24) is 24.3 Å². The SMILES string of the molecule is Cn1c(=O)n(C)c2cc([N+](=O)[O-])c(NC(=O)CSc3ncn[nH]3)cc21. The molecule has 2 N–H and O–H groups in total. The largest absolute Gasteiger partial charge is 0.328 e. The van der Waals surface area contributed by atoms with Crippen molar-refractivity contribution in [3.05, 3.63) is 39.1 Å². The van der Waals surface area contributed by atoms with Gasteiger partial charge in [0, 0.05) is 20.2 Å². The molecule has 25 heavy (non-hydrogen) atoms. The molecule has 0 saturated carbocycles. The van der Waals surface area contributed by atoms with Gasteiger partial charge in [-0.05, 0) is 6.07 Å². The first-order valence-electron chi connectivity index (χ1n) is 7.00. The first kappa shape index (κ1) is 16.7. The van der Waals surface area contributed by atoms with Crippen LogP contribution in [0.3, 0.4) is 0 Å². The highest BCUT2D eigenvalue weighted by molar-refractivity contribution is 7.99. The average molecular weight is 363 g/mol. The molecular weight excluding hydrogens is 350 g/mol. The highest BCUT2D eigenvalue weighted by atomic mass is 32.2. The molecule has 0 unspecified atom stereocenters. The highest BCUT2D eigenvalue weighted by Crippen LogP contribution is 2.29. The predicted octanol–water partition coefficient (Wildman–Crippen LogP) is 0.634. The third kappa shape index (κ3) is 3.10. The average Bonchev–Trinajstić information content (AvgIpc) is 3.16. The molecule has 0 saturated heterocycles. The Bertz CT molecular complexity index is 1020. The molecule has 0 atom stereocenters. The molecule has 0 bridgehead atoms. The van der Waals surface area contributed by atoms with Crippen LogP contribution in [-0.2, 0) is 18.9 Å². The Kier molecular flexibility index (Phi) is 4.27. The van der Waals surface area contributed by atoms with Gasteiger partial charge in [0.2, 0.25) is 5.91 Å². The lowest BCUT2D eigenvalue weighted by Gasteiger charge is -2.06. The van der Waals surface area contributed by atoms with Gasteiger partial charge in [0.05, 0.1) is 21.7 Å². The number of anilines is 1. The number of aryl methyl sites for hydroxylation is 2. The lowest BCUT2D eigenvalue weighted by atomic mass is 10.2. The van der Waals surface area contributed by atoms with Crippen LogP contribution in [0, 0.1) is 10.1 Å². The fraction of sp³-hybridized carbons (Fsp3) is 0.231. The maximum Gasteiger partial charge on any atom is 0.328 e. The van der Waals surface area contributed by atoms with E-state index in [-0.39, 0.29) is 22.8 Å². The molecule has 3 aromatic rings. The summed E-state index contributed by atoms with van der Waals surface area (Å²) in [6, 6.07) is 2.70. The number of carbonyl (C=O) groups excluding carboxylic acids is 1. The molecule has 130 valence electrons. The van der Waals surface area contributed by atoms with Crippen LogP contribution in [-0.4, -0.2) is 40.9 Å². The molecule has 0 aliphatic heterocycles. The summed E-state index contributed by atoms with van der Waals surface area (Å²) < 4.78 is 2.67. The minimum absolute atomic E-state index is 0.00188. The van der Waals surface area contributed by atoms with Crippen molar-refractivity contribution in [2.45, 2.75) is 5.16 Å². The number of aromatic nitrogens is 5. The molecule has 1 amide bonds. The molecule has 1 aromatic carbocycles. The third-order valence-corrected chi connectivity index (χ3v) is 4.47. The number of nitrogens with zero attached hydrogens (tertiary/aromatic N) is 5. The second-order valence-corrected chi connectivity index (χ2v) is 6.11. The number of nitro groups is 1. The molecule has 12 heteroatoms. The topological polar surface area (TPSA) is 141 Å². The summed E-state index contributed by atoms with van der Waals surface area (Å²) >= 11 is 1.11. The van der Waals surface area contributed by atoms with Crippen LogP contribution in [0.25, 0.3) is 11.0 Å². The van der Waals surface area contributed by atoms with Gasteiger partial charge in [-0.15, -0.1) is 0 Å². The maximum absolute atomic E-state index is 12.1. The number of hydrogen-bond acceptors (Lipinski definition) is 7. The number of nitrogens with one attached hydrogen (secondary N) is 2. The second kappa shape index (κ2) is 6.39. The highest BCUT2D eigenvalue weighted by Gasteiger charge is 2.21. The monoisotopic (exact) mass is 363 g/mol. The Morgan fingerprint density at radius 2 is 2.04 bits per heavy atom. The molecule has 0 fully saturated rings. The van der Waals surface area contributed by atoms with E-state index >= 15 is 0 Å². The van der Waals surface area contributed by atoms with Crippen LogP contribution < -0.4 is 11.0 Å². The normalized spacial score (nSPS) is 11.0. The Morgan fingerprint density at radius 3 is 2.64 bits per heavy atom. The molecule has 0 radical (unpaired) electrons. The number of imidazole rings is 1. The first-order chi connectivity index (χ1) is 11.9. The molecule has 0 aliphatic carbocycles. The number of benzene rings is 1. The van der Waals surface area contributed by atoms with Crippen LogP contribution in [0.5, 0.6) is 0 Å². The Labute approximate surface area is 144 Å². The number of rotatable bonds is 5. The number of aromatic amines is 1. The third-order valence-electron chi connectivity index (χ3n) is 3.59. The summed E-state index contributed by atoms with van der Waals surface area (Å²) in [5, 5.41) is 20.6. The van der Waals surface area contributed by atoms with Gasteiger partial charge in [-0.1, -0.05) is 11.8 Å². The zero-order valence-corrected chi connectivity index (χ0v) is 14.0. The molecule has 3 rings (SSSR count).